The number of aliphatic hydroxyl groups is 3. The smallest absolute Gasteiger partial charge is 0.162 e. The first-order valence-electron chi connectivity index (χ1n) is 11.8. The zero-order valence-corrected chi connectivity index (χ0v) is 20.4. The lowest BCUT2D eigenvalue weighted by molar-refractivity contribution is -0.209. The molecule has 1 fully saturated rings. The molecule has 190 valence electrons. The Morgan fingerprint density at radius 3 is 2.49 bits per heavy atom. The summed E-state index contributed by atoms with van der Waals surface area (Å²) in [6, 6.07) is 13.4. The highest BCUT2D eigenvalue weighted by Crippen LogP contribution is 2.35. The molecular formula is C26H32ClNO7. The van der Waals surface area contributed by atoms with Crippen molar-refractivity contribution in [3.05, 3.63) is 64.8 Å². The highest BCUT2D eigenvalue weighted by molar-refractivity contribution is 6.35. The maximum Gasteiger partial charge on any atom is 0.162 e. The molecule has 2 aromatic carbocycles. The van der Waals surface area contributed by atoms with Crippen LogP contribution >= 0.6 is 11.6 Å². The number of halogens is 1. The number of nitrogens with zero attached hydrogens (tertiary/aromatic N) is 1. The van der Waals surface area contributed by atoms with Crippen LogP contribution in [0.25, 0.3) is 10.9 Å². The monoisotopic (exact) mass is 505 g/mol. The number of benzene rings is 2. The number of fused-ring (bicyclic) bond motifs is 1. The van der Waals surface area contributed by atoms with Gasteiger partial charge in [0.05, 0.1) is 37.0 Å². The van der Waals surface area contributed by atoms with Crippen molar-refractivity contribution in [3.8, 4) is 5.75 Å². The molecule has 0 unspecified atom stereocenters. The summed E-state index contributed by atoms with van der Waals surface area (Å²) >= 11 is 6.56. The molecule has 3 N–H and O–H groups in total. The Morgan fingerprint density at radius 2 is 1.71 bits per heavy atom. The first kappa shape index (κ1) is 25.9. The molecular weight excluding hydrogens is 474 g/mol. The van der Waals surface area contributed by atoms with Gasteiger partial charge in [0.15, 0.2) is 6.23 Å². The van der Waals surface area contributed by atoms with Crippen LogP contribution in [0.5, 0.6) is 5.75 Å². The van der Waals surface area contributed by atoms with E-state index in [1.807, 2.05) is 55.6 Å². The van der Waals surface area contributed by atoms with Gasteiger partial charge in [0.25, 0.3) is 0 Å². The van der Waals surface area contributed by atoms with E-state index in [-0.39, 0.29) is 6.61 Å². The second-order valence-electron chi connectivity index (χ2n) is 8.45. The van der Waals surface area contributed by atoms with Gasteiger partial charge in [-0.2, -0.15) is 0 Å². The fraction of sp³-hybridized carbons (Fsp3) is 0.462. The van der Waals surface area contributed by atoms with Crippen LogP contribution in [0.4, 0.5) is 0 Å². The SMILES string of the molecule is CCOCCOCCOc1ccc(Cc2cn([C@@H]3OC[C@@H](O)[C@H](O)[C@H]3O)c3cccc(Cl)c23)cc1. The topological polar surface area (TPSA) is 103 Å². The van der Waals surface area contributed by atoms with Crippen molar-refractivity contribution in [2.45, 2.75) is 37.9 Å². The first-order chi connectivity index (χ1) is 17.0. The van der Waals surface area contributed by atoms with Crippen LogP contribution in [0.2, 0.25) is 5.02 Å². The fourth-order valence-corrected chi connectivity index (χ4v) is 4.52. The highest BCUT2D eigenvalue weighted by atomic mass is 35.5. The third-order valence-corrected chi connectivity index (χ3v) is 6.34. The van der Waals surface area contributed by atoms with Gasteiger partial charge in [-0.1, -0.05) is 29.8 Å². The Kier molecular flexibility index (Phi) is 9.02. The highest BCUT2D eigenvalue weighted by Gasteiger charge is 2.39. The summed E-state index contributed by atoms with van der Waals surface area (Å²) in [6.45, 7) is 4.65. The number of ether oxygens (including phenoxy) is 4. The van der Waals surface area contributed by atoms with Gasteiger partial charge >= 0.3 is 0 Å². The van der Waals surface area contributed by atoms with Gasteiger partial charge < -0.3 is 38.8 Å². The molecule has 1 aromatic heterocycles. The predicted molar refractivity (Wildman–Crippen MR) is 132 cm³/mol. The molecule has 1 aliphatic heterocycles. The Labute approximate surface area is 209 Å². The number of hydrogen-bond acceptors (Lipinski definition) is 7. The Hall–Kier alpha value is -2.17. The van der Waals surface area contributed by atoms with Crippen molar-refractivity contribution in [2.75, 3.05) is 39.6 Å². The molecule has 1 aliphatic rings. The molecule has 4 rings (SSSR count). The Morgan fingerprint density at radius 1 is 0.971 bits per heavy atom. The minimum absolute atomic E-state index is 0.0719. The molecule has 0 spiro atoms. The summed E-state index contributed by atoms with van der Waals surface area (Å²) in [5.74, 6) is 0.758. The van der Waals surface area contributed by atoms with Gasteiger partial charge in [-0.05, 0) is 48.7 Å². The van der Waals surface area contributed by atoms with Gasteiger partial charge in [0.1, 0.15) is 30.7 Å². The van der Waals surface area contributed by atoms with Crippen LogP contribution in [0.15, 0.2) is 48.7 Å². The summed E-state index contributed by atoms with van der Waals surface area (Å²) in [6.07, 6.45) is -2.05. The summed E-state index contributed by atoms with van der Waals surface area (Å²) in [5.41, 5.74) is 2.80. The summed E-state index contributed by atoms with van der Waals surface area (Å²) in [5, 5.41) is 32.0. The van der Waals surface area contributed by atoms with E-state index in [1.54, 1.807) is 4.57 Å². The third-order valence-electron chi connectivity index (χ3n) is 6.02. The summed E-state index contributed by atoms with van der Waals surface area (Å²) < 4.78 is 23.9. The van der Waals surface area contributed by atoms with Crippen LogP contribution < -0.4 is 4.74 Å². The molecule has 8 nitrogen and oxygen atoms in total. The van der Waals surface area contributed by atoms with Gasteiger partial charge in [-0.15, -0.1) is 0 Å². The van der Waals surface area contributed by atoms with Gasteiger partial charge in [0.2, 0.25) is 0 Å². The van der Waals surface area contributed by atoms with Crippen LogP contribution in [0.3, 0.4) is 0 Å². The molecule has 0 radical (unpaired) electrons. The molecule has 3 aromatic rings. The zero-order valence-electron chi connectivity index (χ0n) is 19.7. The van der Waals surface area contributed by atoms with Crippen molar-refractivity contribution in [1.82, 2.24) is 4.57 Å². The predicted octanol–water partition coefficient (Wildman–Crippen LogP) is 2.93. The summed E-state index contributed by atoms with van der Waals surface area (Å²) in [4.78, 5) is 0. The van der Waals surface area contributed by atoms with Crippen molar-refractivity contribution in [1.29, 1.82) is 0 Å². The molecule has 4 atom stereocenters. The lowest BCUT2D eigenvalue weighted by Crippen LogP contribution is -2.50. The van der Waals surface area contributed by atoms with E-state index in [1.165, 1.54) is 0 Å². The van der Waals surface area contributed by atoms with Gasteiger partial charge in [-0.3, -0.25) is 0 Å². The second-order valence-corrected chi connectivity index (χ2v) is 8.85. The van der Waals surface area contributed by atoms with E-state index < -0.39 is 24.5 Å². The number of aromatic nitrogens is 1. The van der Waals surface area contributed by atoms with E-state index in [2.05, 4.69) is 0 Å². The van der Waals surface area contributed by atoms with Crippen molar-refractivity contribution >= 4 is 22.5 Å². The Balaban J connectivity index is 1.45. The van der Waals surface area contributed by atoms with Crippen LogP contribution in [-0.2, 0) is 20.6 Å². The zero-order chi connectivity index (χ0) is 24.8. The van der Waals surface area contributed by atoms with E-state index in [0.717, 1.165) is 27.8 Å². The Bertz CT molecular complexity index is 1090. The number of aliphatic hydroxyl groups excluding tert-OH is 3. The standard InChI is InChI=1S/C26H32ClNO7/c1-2-32-10-11-33-12-13-34-19-8-6-17(7-9-19)14-18-15-28(21-5-3-4-20(27)23(18)21)26-25(31)24(30)22(29)16-35-26/h3-9,15,22,24-26,29-31H,2,10-14,16H2,1H3/t22-,24+,25-,26-/m1/s1. The molecule has 0 amide bonds. The van der Waals surface area contributed by atoms with Crippen LogP contribution in [-0.4, -0.2) is 77.8 Å². The maximum atomic E-state index is 10.5. The largest absolute Gasteiger partial charge is 0.491 e. The molecule has 1 saturated heterocycles. The fourth-order valence-electron chi connectivity index (χ4n) is 4.23. The third kappa shape index (κ3) is 6.16. The summed E-state index contributed by atoms with van der Waals surface area (Å²) in [7, 11) is 0. The molecule has 0 bridgehead atoms. The number of rotatable bonds is 11. The van der Waals surface area contributed by atoms with E-state index >= 15 is 0 Å². The van der Waals surface area contributed by atoms with Crippen molar-refractivity contribution in [2.24, 2.45) is 0 Å². The quantitative estimate of drug-likeness (QED) is 0.344. The van der Waals surface area contributed by atoms with Crippen LogP contribution in [0, 0.1) is 0 Å². The molecule has 0 aliphatic carbocycles. The van der Waals surface area contributed by atoms with Gasteiger partial charge in [0, 0.05) is 18.2 Å². The van der Waals surface area contributed by atoms with E-state index in [9.17, 15) is 15.3 Å². The maximum absolute atomic E-state index is 10.5. The van der Waals surface area contributed by atoms with E-state index in [4.69, 9.17) is 30.5 Å². The molecule has 9 heteroatoms. The normalized spacial score (nSPS) is 22.5. The minimum atomic E-state index is -1.29. The average molecular weight is 506 g/mol. The van der Waals surface area contributed by atoms with Crippen molar-refractivity contribution < 1.29 is 34.3 Å². The molecule has 35 heavy (non-hydrogen) atoms. The van der Waals surface area contributed by atoms with Crippen LogP contribution in [0.1, 0.15) is 24.3 Å². The second kappa shape index (κ2) is 12.2. The molecule has 0 saturated carbocycles. The van der Waals surface area contributed by atoms with E-state index in [0.29, 0.717) is 44.5 Å². The minimum Gasteiger partial charge on any atom is -0.491 e. The lowest BCUT2D eigenvalue weighted by atomic mass is 10.0. The van der Waals surface area contributed by atoms with Crippen molar-refractivity contribution in [3.63, 3.8) is 0 Å². The molecule has 2 heterocycles. The lowest BCUT2D eigenvalue weighted by Gasteiger charge is -2.36. The first-order valence-corrected chi connectivity index (χ1v) is 12.2. The average Bonchev–Trinajstić information content (AvgIpc) is 3.22. The van der Waals surface area contributed by atoms with Gasteiger partial charge in [-0.25, -0.2) is 0 Å². The number of hydrogen-bond donors (Lipinski definition) is 3.